The highest BCUT2D eigenvalue weighted by Crippen LogP contribution is 2.32. The third-order valence-corrected chi connectivity index (χ3v) is 4.09. The van der Waals surface area contributed by atoms with Gasteiger partial charge in [0.25, 0.3) is 0 Å². The van der Waals surface area contributed by atoms with Crippen LogP contribution in [0.2, 0.25) is 0 Å². The minimum atomic E-state index is -4.46. The largest absolute Gasteiger partial charge is 0.416 e. The second kappa shape index (κ2) is 6.32. The van der Waals surface area contributed by atoms with Crippen LogP contribution in [-0.2, 0) is 12.6 Å². The van der Waals surface area contributed by atoms with Crippen LogP contribution in [0.25, 0.3) is 0 Å². The fourth-order valence-electron chi connectivity index (χ4n) is 1.80. The Morgan fingerprint density at radius 2 is 1.62 bits per heavy atom. The lowest BCUT2D eigenvalue weighted by molar-refractivity contribution is -0.137. The van der Waals surface area contributed by atoms with E-state index in [-0.39, 0.29) is 17.8 Å². The van der Waals surface area contributed by atoms with E-state index < -0.39 is 11.7 Å². The Morgan fingerprint density at radius 3 is 2.19 bits per heavy atom. The van der Waals surface area contributed by atoms with Gasteiger partial charge in [0.05, 0.1) is 5.56 Å². The molecular weight excluding hydrogens is 413 g/mol. The zero-order valence-corrected chi connectivity index (χ0v) is 13.7. The Balaban J connectivity index is 2.28. The lowest BCUT2D eigenvalue weighted by Crippen LogP contribution is -2.09. The van der Waals surface area contributed by atoms with Gasteiger partial charge >= 0.3 is 6.18 Å². The molecule has 0 aliphatic heterocycles. The van der Waals surface area contributed by atoms with Crippen molar-refractivity contribution in [1.82, 2.24) is 0 Å². The van der Waals surface area contributed by atoms with Crippen LogP contribution < -0.4 is 0 Å². The van der Waals surface area contributed by atoms with Crippen LogP contribution in [0, 0.1) is 0 Å². The number of hydrogen-bond acceptors (Lipinski definition) is 1. The maximum Gasteiger partial charge on any atom is 0.416 e. The summed E-state index contributed by atoms with van der Waals surface area (Å²) in [6.07, 6.45) is -4.42. The topological polar surface area (TPSA) is 17.1 Å². The van der Waals surface area contributed by atoms with Gasteiger partial charge in [-0.3, -0.25) is 4.79 Å². The number of rotatable bonds is 3. The number of halogens is 5. The molecule has 0 N–H and O–H groups in total. The molecule has 0 aliphatic rings. The van der Waals surface area contributed by atoms with Crippen molar-refractivity contribution in [2.75, 3.05) is 0 Å². The molecule has 0 spiro atoms. The van der Waals surface area contributed by atoms with E-state index in [4.69, 9.17) is 0 Å². The third-order valence-electron chi connectivity index (χ3n) is 2.87. The van der Waals surface area contributed by atoms with Gasteiger partial charge in [0.1, 0.15) is 0 Å². The molecule has 0 bridgehead atoms. The van der Waals surface area contributed by atoms with Crippen molar-refractivity contribution >= 4 is 37.6 Å². The second-order valence-corrected chi connectivity index (χ2v) is 6.19. The van der Waals surface area contributed by atoms with Gasteiger partial charge in [-0.2, -0.15) is 13.2 Å². The molecule has 0 unspecified atom stereocenters. The Hall–Kier alpha value is -1.14. The van der Waals surface area contributed by atoms with Crippen molar-refractivity contribution in [2.45, 2.75) is 12.6 Å². The fourth-order valence-corrected chi connectivity index (χ4v) is 2.53. The monoisotopic (exact) mass is 420 g/mol. The predicted molar refractivity (Wildman–Crippen MR) is 81.3 cm³/mol. The van der Waals surface area contributed by atoms with Crippen molar-refractivity contribution in [3.8, 4) is 0 Å². The Kier molecular flexibility index (Phi) is 4.88. The van der Waals surface area contributed by atoms with E-state index in [9.17, 15) is 18.0 Å². The summed E-state index contributed by atoms with van der Waals surface area (Å²) < 4.78 is 39.3. The first-order valence-electron chi connectivity index (χ1n) is 5.92. The van der Waals surface area contributed by atoms with Gasteiger partial charge in [-0.15, -0.1) is 0 Å². The highest BCUT2D eigenvalue weighted by Gasteiger charge is 2.31. The number of hydrogen-bond donors (Lipinski definition) is 0. The number of ketones is 1. The minimum Gasteiger partial charge on any atom is -0.294 e. The molecule has 0 fully saturated rings. The average molecular weight is 422 g/mol. The number of benzene rings is 2. The molecule has 0 heterocycles. The van der Waals surface area contributed by atoms with E-state index >= 15 is 0 Å². The normalized spacial score (nSPS) is 11.5. The summed E-state index contributed by atoms with van der Waals surface area (Å²) >= 11 is 6.41. The molecule has 0 radical (unpaired) electrons. The number of Topliss-reactive ketones (excluding diaryl/α,β-unsaturated/α-hetero) is 1. The molecule has 0 saturated carbocycles. The van der Waals surface area contributed by atoms with E-state index in [1.54, 1.807) is 24.3 Å². The maximum absolute atomic E-state index is 12.7. The fraction of sp³-hybridized carbons (Fsp3) is 0.133. The summed E-state index contributed by atoms with van der Waals surface area (Å²) in [6, 6.07) is 10.1. The van der Waals surface area contributed by atoms with Crippen molar-refractivity contribution in [3.05, 3.63) is 68.1 Å². The molecule has 0 aliphatic carbocycles. The van der Waals surface area contributed by atoms with Gasteiger partial charge in [-0.1, -0.05) is 44.0 Å². The summed E-state index contributed by atoms with van der Waals surface area (Å²) in [4.78, 5) is 12.2. The van der Waals surface area contributed by atoms with Crippen LogP contribution >= 0.6 is 31.9 Å². The molecule has 0 amide bonds. The number of alkyl halides is 3. The molecule has 0 atom stereocenters. The molecule has 1 nitrogen and oxygen atoms in total. The highest BCUT2D eigenvalue weighted by molar-refractivity contribution is 9.10. The number of carbonyl (C=O) groups excluding carboxylic acids is 1. The van der Waals surface area contributed by atoms with Gasteiger partial charge in [0.15, 0.2) is 5.78 Å². The van der Waals surface area contributed by atoms with Crippen LogP contribution in [0.5, 0.6) is 0 Å². The maximum atomic E-state index is 12.7. The minimum absolute atomic E-state index is 0.0349. The van der Waals surface area contributed by atoms with Gasteiger partial charge in [-0.05, 0) is 35.9 Å². The van der Waals surface area contributed by atoms with E-state index in [2.05, 4.69) is 31.9 Å². The van der Waals surface area contributed by atoms with Gasteiger partial charge in [0.2, 0.25) is 0 Å². The summed E-state index contributed by atoms with van der Waals surface area (Å²) in [5.41, 5.74) is -0.0508. The average Bonchev–Trinajstić information content (AvgIpc) is 2.40. The van der Waals surface area contributed by atoms with Crippen molar-refractivity contribution in [1.29, 1.82) is 0 Å². The van der Waals surface area contributed by atoms with Gasteiger partial charge < -0.3 is 0 Å². The first-order valence-corrected chi connectivity index (χ1v) is 7.50. The first-order chi connectivity index (χ1) is 9.77. The molecule has 0 saturated heterocycles. The molecule has 6 heteroatoms. The zero-order chi connectivity index (χ0) is 15.6. The lowest BCUT2D eigenvalue weighted by Gasteiger charge is -2.10. The molecule has 21 heavy (non-hydrogen) atoms. The Morgan fingerprint density at radius 1 is 1.00 bits per heavy atom. The second-order valence-electron chi connectivity index (χ2n) is 4.42. The van der Waals surface area contributed by atoms with Crippen LogP contribution in [0.1, 0.15) is 21.5 Å². The zero-order valence-electron chi connectivity index (χ0n) is 10.5. The molecule has 2 aromatic rings. The van der Waals surface area contributed by atoms with E-state index in [1.807, 2.05) is 0 Å². The predicted octanol–water partition coefficient (Wildman–Crippen LogP) is 5.66. The molecule has 110 valence electrons. The van der Waals surface area contributed by atoms with E-state index in [0.717, 1.165) is 22.2 Å². The SMILES string of the molecule is O=C(Cc1ccc(Br)cc1)c1cc(C(F)(F)F)ccc1Br. The van der Waals surface area contributed by atoms with Crippen molar-refractivity contribution < 1.29 is 18.0 Å². The van der Waals surface area contributed by atoms with Crippen molar-refractivity contribution in [2.24, 2.45) is 0 Å². The van der Waals surface area contributed by atoms with Crippen LogP contribution in [-0.4, -0.2) is 5.78 Å². The van der Waals surface area contributed by atoms with E-state index in [0.29, 0.717) is 4.47 Å². The summed E-state index contributed by atoms with van der Waals surface area (Å²) in [5, 5.41) is 0. The number of carbonyl (C=O) groups is 1. The molecule has 2 rings (SSSR count). The smallest absolute Gasteiger partial charge is 0.294 e. The van der Waals surface area contributed by atoms with Crippen LogP contribution in [0.15, 0.2) is 51.4 Å². The Bertz CT molecular complexity index is 664. The van der Waals surface area contributed by atoms with Gasteiger partial charge in [-0.25, -0.2) is 0 Å². The van der Waals surface area contributed by atoms with Crippen LogP contribution in [0.4, 0.5) is 13.2 Å². The summed E-state index contributed by atoms with van der Waals surface area (Å²) in [7, 11) is 0. The Labute approximate surface area is 136 Å². The standard InChI is InChI=1S/C15H9Br2F3O/c16-11-4-1-9(2-5-11)7-14(21)12-8-10(15(18,19)20)3-6-13(12)17/h1-6,8H,7H2. The lowest BCUT2D eigenvalue weighted by atomic mass is 10.0. The van der Waals surface area contributed by atoms with Gasteiger partial charge in [0, 0.05) is 20.9 Å². The third kappa shape index (κ3) is 4.17. The van der Waals surface area contributed by atoms with Crippen molar-refractivity contribution in [3.63, 3.8) is 0 Å². The first kappa shape index (κ1) is 16.2. The molecule has 0 aromatic heterocycles. The molecular formula is C15H9Br2F3O. The summed E-state index contributed by atoms with van der Waals surface area (Å²) in [5.74, 6) is -0.365. The van der Waals surface area contributed by atoms with E-state index in [1.165, 1.54) is 6.07 Å². The summed E-state index contributed by atoms with van der Waals surface area (Å²) in [6.45, 7) is 0. The highest BCUT2D eigenvalue weighted by atomic mass is 79.9. The quantitative estimate of drug-likeness (QED) is 0.584. The molecule has 2 aromatic carbocycles. The van der Waals surface area contributed by atoms with Crippen LogP contribution in [0.3, 0.4) is 0 Å².